The highest BCUT2D eigenvalue weighted by Crippen LogP contribution is 2.25. The van der Waals surface area contributed by atoms with Crippen molar-refractivity contribution in [3.05, 3.63) is 60.0 Å². The monoisotopic (exact) mass is 397 g/mol. The first-order valence-corrected chi connectivity index (χ1v) is 9.25. The Labute approximate surface area is 168 Å². The van der Waals surface area contributed by atoms with Crippen LogP contribution >= 0.6 is 0 Å². The van der Waals surface area contributed by atoms with Gasteiger partial charge in [0.25, 0.3) is 0 Å². The van der Waals surface area contributed by atoms with Crippen molar-refractivity contribution in [2.24, 2.45) is 7.05 Å². The number of carbonyl (C=O) groups is 2. The minimum atomic E-state index is -0.686. The van der Waals surface area contributed by atoms with Crippen molar-refractivity contribution in [1.82, 2.24) is 4.57 Å². The molecule has 2 amide bonds. The van der Waals surface area contributed by atoms with Gasteiger partial charge in [-0.1, -0.05) is 18.2 Å². The van der Waals surface area contributed by atoms with E-state index in [1.165, 1.54) is 12.1 Å². The number of aromatic nitrogens is 1. The predicted octanol–water partition coefficient (Wildman–Crippen LogP) is 4.85. The van der Waals surface area contributed by atoms with Gasteiger partial charge in [0.2, 0.25) is 5.91 Å². The van der Waals surface area contributed by atoms with E-state index in [1.807, 2.05) is 42.1 Å². The summed E-state index contributed by atoms with van der Waals surface area (Å²) >= 11 is 0. The Morgan fingerprint density at radius 1 is 1.07 bits per heavy atom. The molecule has 0 unspecified atom stereocenters. The number of amides is 2. The van der Waals surface area contributed by atoms with E-state index in [0.717, 1.165) is 22.5 Å². The molecule has 2 N–H and O–H groups in total. The average Bonchev–Trinajstić information content (AvgIpc) is 2.92. The van der Waals surface area contributed by atoms with Crippen molar-refractivity contribution in [2.45, 2.75) is 32.8 Å². The third-order valence-corrected chi connectivity index (χ3v) is 4.22. The van der Waals surface area contributed by atoms with Gasteiger partial charge in [0.15, 0.2) is 0 Å². The minimum absolute atomic E-state index is 0.115. The van der Waals surface area contributed by atoms with Crippen molar-refractivity contribution in [3.63, 3.8) is 0 Å². The smallest absolute Gasteiger partial charge is 0.412 e. The van der Waals surface area contributed by atoms with Gasteiger partial charge in [-0.3, -0.25) is 10.1 Å². The van der Waals surface area contributed by atoms with Crippen molar-refractivity contribution in [2.75, 3.05) is 10.6 Å². The summed E-state index contributed by atoms with van der Waals surface area (Å²) < 4.78 is 20.9. The van der Waals surface area contributed by atoms with Gasteiger partial charge in [-0.25, -0.2) is 9.18 Å². The number of anilines is 2. The zero-order chi connectivity index (χ0) is 21.2. The summed E-state index contributed by atoms with van der Waals surface area (Å²) in [6, 6.07) is 11.5. The van der Waals surface area contributed by atoms with Gasteiger partial charge >= 0.3 is 6.09 Å². The van der Waals surface area contributed by atoms with E-state index < -0.39 is 17.5 Å². The van der Waals surface area contributed by atoms with Gasteiger partial charge in [-0.05, 0) is 50.6 Å². The molecule has 2 aromatic carbocycles. The summed E-state index contributed by atoms with van der Waals surface area (Å²) in [7, 11) is 1.92. The Balaban J connectivity index is 1.77. The van der Waals surface area contributed by atoms with Crippen LogP contribution in [0.3, 0.4) is 0 Å². The number of benzene rings is 2. The lowest BCUT2D eigenvalue weighted by Crippen LogP contribution is -2.27. The second kappa shape index (κ2) is 7.95. The number of hydrogen-bond donors (Lipinski definition) is 2. The molecule has 6 nitrogen and oxygen atoms in total. The van der Waals surface area contributed by atoms with E-state index >= 15 is 0 Å². The Morgan fingerprint density at radius 3 is 2.52 bits per heavy atom. The lowest BCUT2D eigenvalue weighted by molar-refractivity contribution is -0.115. The SMILES string of the molecule is Cn1cc(CC(=O)Nc2cc(F)ccc2NC(=O)OC(C)(C)C)c2ccccc21. The van der Waals surface area contributed by atoms with Crippen LogP contribution < -0.4 is 10.6 Å². The first kappa shape index (κ1) is 20.4. The van der Waals surface area contributed by atoms with Gasteiger partial charge in [0, 0.05) is 24.1 Å². The van der Waals surface area contributed by atoms with E-state index in [9.17, 15) is 14.0 Å². The van der Waals surface area contributed by atoms with E-state index in [2.05, 4.69) is 10.6 Å². The summed E-state index contributed by atoms with van der Waals surface area (Å²) in [5.41, 5.74) is 1.63. The van der Waals surface area contributed by atoms with E-state index in [-0.39, 0.29) is 23.7 Å². The van der Waals surface area contributed by atoms with Crippen molar-refractivity contribution in [3.8, 4) is 0 Å². The molecule has 0 aliphatic carbocycles. The molecule has 29 heavy (non-hydrogen) atoms. The molecule has 0 bridgehead atoms. The lowest BCUT2D eigenvalue weighted by atomic mass is 10.1. The molecule has 0 saturated heterocycles. The van der Waals surface area contributed by atoms with E-state index in [0.29, 0.717) is 0 Å². The Hall–Kier alpha value is -3.35. The van der Waals surface area contributed by atoms with Gasteiger partial charge in [-0.2, -0.15) is 0 Å². The van der Waals surface area contributed by atoms with Crippen LogP contribution in [0.4, 0.5) is 20.6 Å². The van der Waals surface area contributed by atoms with Crippen molar-refractivity contribution >= 4 is 34.3 Å². The molecule has 0 fully saturated rings. The summed E-state index contributed by atoms with van der Waals surface area (Å²) in [6.07, 6.45) is 1.33. The van der Waals surface area contributed by atoms with Crippen LogP contribution in [0.15, 0.2) is 48.7 Å². The first-order valence-electron chi connectivity index (χ1n) is 9.25. The second-order valence-electron chi connectivity index (χ2n) is 7.82. The molecular weight excluding hydrogens is 373 g/mol. The highest BCUT2D eigenvalue weighted by molar-refractivity contribution is 6.00. The average molecular weight is 397 g/mol. The summed E-state index contributed by atoms with van der Waals surface area (Å²) in [6.45, 7) is 5.22. The summed E-state index contributed by atoms with van der Waals surface area (Å²) in [5.74, 6) is -0.848. The quantitative estimate of drug-likeness (QED) is 0.661. The molecule has 7 heteroatoms. The van der Waals surface area contributed by atoms with Crippen LogP contribution in [0.1, 0.15) is 26.3 Å². The topological polar surface area (TPSA) is 72.4 Å². The Kier molecular flexibility index (Phi) is 5.59. The number of fused-ring (bicyclic) bond motifs is 1. The minimum Gasteiger partial charge on any atom is -0.444 e. The number of para-hydroxylation sites is 1. The second-order valence-corrected chi connectivity index (χ2v) is 7.82. The third kappa shape index (κ3) is 5.13. The molecule has 0 saturated carbocycles. The van der Waals surface area contributed by atoms with Gasteiger partial charge in [0.05, 0.1) is 17.8 Å². The molecular formula is C22H24FN3O3. The molecule has 0 atom stereocenters. The van der Waals surface area contributed by atoms with Crippen molar-refractivity contribution in [1.29, 1.82) is 0 Å². The molecule has 3 rings (SSSR count). The van der Waals surface area contributed by atoms with Crippen molar-refractivity contribution < 1.29 is 18.7 Å². The van der Waals surface area contributed by atoms with Crippen LogP contribution in [-0.2, 0) is 23.0 Å². The number of aryl methyl sites for hydroxylation is 1. The molecule has 0 spiro atoms. The number of nitrogens with one attached hydrogen (secondary N) is 2. The standard InChI is InChI=1S/C22H24FN3O3/c1-22(2,3)29-21(28)25-17-10-9-15(23)12-18(17)24-20(27)11-14-13-26(4)19-8-6-5-7-16(14)19/h5-10,12-13H,11H2,1-4H3,(H,24,27)(H,25,28). The maximum absolute atomic E-state index is 13.7. The normalized spacial score (nSPS) is 11.3. The molecule has 0 aliphatic rings. The van der Waals surface area contributed by atoms with Gasteiger partial charge in [-0.15, -0.1) is 0 Å². The molecule has 1 aromatic heterocycles. The third-order valence-electron chi connectivity index (χ3n) is 4.22. The van der Waals surface area contributed by atoms with E-state index in [1.54, 1.807) is 20.8 Å². The summed E-state index contributed by atoms with van der Waals surface area (Å²) in [5, 5.41) is 6.22. The number of ether oxygens (including phenoxy) is 1. The fraction of sp³-hybridized carbons (Fsp3) is 0.273. The predicted molar refractivity (Wildman–Crippen MR) is 112 cm³/mol. The van der Waals surface area contributed by atoms with Gasteiger partial charge < -0.3 is 14.6 Å². The lowest BCUT2D eigenvalue weighted by Gasteiger charge is -2.20. The number of carbonyl (C=O) groups excluding carboxylic acids is 2. The van der Waals surface area contributed by atoms with Crippen LogP contribution in [0.2, 0.25) is 0 Å². The molecule has 3 aromatic rings. The fourth-order valence-corrected chi connectivity index (χ4v) is 3.08. The van der Waals surface area contributed by atoms with Crippen LogP contribution in [-0.4, -0.2) is 22.2 Å². The van der Waals surface area contributed by atoms with Crippen LogP contribution in [0.25, 0.3) is 10.9 Å². The van der Waals surface area contributed by atoms with Crippen LogP contribution in [0.5, 0.6) is 0 Å². The molecule has 0 radical (unpaired) electrons. The van der Waals surface area contributed by atoms with E-state index in [4.69, 9.17) is 4.74 Å². The zero-order valence-electron chi connectivity index (χ0n) is 16.9. The van der Waals surface area contributed by atoms with Gasteiger partial charge in [0.1, 0.15) is 11.4 Å². The number of halogens is 1. The number of nitrogens with zero attached hydrogens (tertiary/aromatic N) is 1. The first-order chi connectivity index (χ1) is 13.6. The maximum Gasteiger partial charge on any atom is 0.412 e. The molecule has 0 aliphatic heterocycles. The highest BCUT2D eigenvalue weighted by atomic mass is 19.1. The molecule has 152 valence electrons. The highest BCUT2D eigenvalue weighted by Gasteiger charge is 2.18. The summed E-state index contributed by atoms with van der Waals surface area (Å²) in [4.78, 5) is 24.7. The van der Waals surface area contributed by atoms with Crippen LogP contribution in [0, 0.1) is 5.82 Å². The maximum atomic E-state index is 13.7. The Bertz CT molecular complexity index is 1070. The Morgan fingerprint density at radius 2 is 1.79 bits per heavy atom. The fourth-order valence-electron chi connectivity index (χ4n) is 3.08. The number of rotatable bonds is 4. The molecule has 1 heterocycles. The number of hydrogen-bond acceptors (Lipinski definition) is 3. The zero-order valence-corrected chi connectivity index (χ0v) is 16.9. The largest absolute Gasteiger partial charge is 0.444 e.